The largest absolute Gasteiger partial charge is 0.358 e. The van der Waals surface area contributed by atoms with Gasteiger partial charge in [0.2, 0.25) is 0 Å². The number of hydrogen-bond acceptors (Lipinski definition) is 1. The summed E-state index contributed by atoms with van der Waals surface area (Å²) in [6, 6.07) is 32.0. The van der Waals surface area contributed by atoms with Crippen molar-refractivity contribution < 1.29 is 4.74 Å². The Morgan fingerprint density at radius 1 is 0.560 bits per heavy atom. The second kappa shape index (κ2) is 7.25. The van der Waals surface area contributed by atoms with E-state index in [0.717, 1.165) is 12.8 Å². The van der Waals surface area contributed by atoms with E-state index in [1.54, 1.807) is 0 Å². The molecule has 126 valence electrons. The molecule has 1 aliphatic carbocycles. The molecular formula is C24H24O. The zero-order chi connectivity index (χ0) is 17.0. The van der Waals surface area contributed by atoms with Crippen molar-refractivity contribution in [2.24, 2.45) is 0 Å². The number of hydrogen-bond donors (Lipinski definition) is 0. The molecule has 1 aliphatic rings. The molecule has 0 amide bonds. The van der Waals surface area contributed by atoms with Crippen LogP contribution in [-0.4, -0.2) is 6.10 Å². The molecule has 0 unspecified atom stereocenters. The van der Waals surface area contributed by atoms with Crippen LogP contribution in [0.25, 0.3) is 0 Å². The maximum atomic E-state index is 6.96. The van der Waals surface area contributed by atoms with Crippen molar-refractivity contribution in [3.05, 3.63) is 108 Å². The lowest BCUT2D eigenvalue weighted by atomic mass is 9.80. The monoisotopic (exact) mass is 328 g/mol. The van der Waals surface area contributed by atoms with Crippen molar-refractivity contribution in [3.63, 3.8) is 0 Å². The van der Waals surface area contributed by atoms with E-state index in [2.05, 4.69) is 91.0 Å². The van der Waals surface area contributed by atoms with Crippen molar-refractivity contribution in [1.82, 2.24) is 0 Å². The molecule has 4 rings (SSSR count). The first-order chi connectivity index (χ1) is 12.4. The summed E-state index contributed by atoms with van der Waals surface area (Å²) in [5, 5.41) is 0. The molecule has 1 heteroatoms. The van der Waals surface area contributed by atoms with Gasteiger partial charge in [0.25, 0.3) is 0 Å². The Labute approximate surface area is 150 Å². The van der Waals surface area contributed by atoms with Crippen LogP contribution in [0.1, 0.15) is 42.4 Å². The fourth-order valence-electron chi connectivity index (χ4n) is 3.98. The molecular weight excluding hydrogens is 304 g/mol. The van der Waals surface area contributed by atoms with Crippen LogP contribution in [0.4, 0.5) is 0 Å². The Balaban J connectivity index is 1.93. The van der Waals surface area contributed by atoms with E-state index in [9.17, 15) is 0 Å². The maximum absolute atomic E-state index is 6.96. The Hall–Kier alpha value is -2.38. The fourth-order valence-corrected chi connectivity index (χ4v) is 3.98. The Bertz CT molecular complexity index is 677. The number of rotatable bonds is 5. The van der Waals surface area contributed by atoms with Gasteiger partial charge >= 0.3 is 0 Å². The zero-order valence-electron chi connectivity index (χ0n) is 14.5. The molecule has 0 aliphatic heterocycles. The van der Waals surface area contributed by atoms with Gasteiger partial charge in [0.1, 0.15) is 5.60 Å². The van der Waals surface area contributed by atoms with E-state index in [1.165, 1.54) is 29.5 Å². The summed E-state index contributed by atoms with van der Waals surface area (Å²) in [5.41, 5.74) is 3.02. The van der Waals surface area contributed by atoms with Gasteiger partial charge in [0, 0.05) is 0 Å². The number of benzene rings is 3. The van der Waals surface area contributed by atoms with Crippen LogP contribution in [0.3, 0.4) is 0 Å². The van der Waals surface area contributed by atoms with E-state index in [0.29, 0.717) is 6.10 Å². The molecule has 3 aromatic carbocycles. The number of ether oxygens (including phenoxy) is 1. The van der Waals surface area contributed by atoms with Gasteiger partial charge < -0.3 is 4.74 Å². The van der Waals surface area contributed by atoms with Crippen molar-refractivity contribution in [2.45, 2.75) is 37.4 Å². The summed E-state index contributed by atoms with van der Waals surface area (Å²) < 4.78 is 6.96. The van der Waals surface area contributed by atoms with Gasteiger partial charge in [-0.2, -0.15) is 0 Å². The van der Waals surface area contributed by atoms with Crippen LogP contribution in [0.5, 0.6) is 0 Å². The normalized spacial score (nSPS) is 15.4. The minimum Gasteiger partial charge on any atom is -0.358 e. The summed E-state index contributed by atoms with van der Waals surface area (Å²) in [6.07, 6.45) is 5.13. The van der Waals surface area contributed by atoms with E-state index in [4.69, 9.17) is 4.74 Å². The Kier molecular flexibility index (Phi) is 4.67. The van der Waals surface area contributed by atoms with E-state index in [1.807, 2.05) is 0 Å². The molecule has 1 saturated carbocycles. The van der Waals surface area contributed by atoms with Crippen LogP contribution >= 0.6 is 0 Å². The standard InChI is InChI=1S/C24H24O/c1-4-12-20(13-5-1)24(21-14-6-2-7-15-21,22-16-8-3-9-17-22)25-23-18-10-11-19-23/h1-9,12-17,23H,10-11,18-19H2. The van der Waals surface area contributed by atoms with E-state index in [-0.39, 0.29) is 0 Å². The third-order valence-electron chi connectivity index (χ3n) is 5.19. The predicted molar refractivity (Wildman–Crippen MR) is 103 cm³/mol. The van der Waals surface area contributed by atoms with Gasteiger partial charge in [-0.15, -0.1) is 0 Å². The smallest absolute Gasteiger partial charge is 0.144 e. The summed E-state index contributed by atoms with van der Waals surface area (Å²) >= 11 is 0. The van der Waals surface area contributed by atoms with E-state index >= 15 is 0 Å². The fraction of sp³-hybridized carbons (Fsp3) is 0.250. The second-order valence-electron chi connectivity index (χ2n) is 6.80. The average molecular weight is 328 g/mol. The molecule has 0 spiro atoms. The molecule has 3 aromatic rings. The van der Waals surface area contributed by atoms with Crippen LogP contribution < -0.4 is 0 Å². The highest BCUT2D eigenvalue weighted by atomic mass is 16.5. The molecule has 1 fully saturated rings. The van der Waals surface area contributed by atoms with Crippen LogP contribution in [0, 0.1) is 0 Å². The minimum atomic E-state index is -0.557. The summed E-state index contributed by atoms with van der Waals surface area (Å²) in [5.74, 6) is 0. The Morgan fingerprint density at radius 2 is 0.920 bits per heavy atom. The van der Waals surface area contributed by atoms with Gasteiger partial charge in [0.15, 0.2) is 0 Å². The van der Waals surface area contributed by atoms with Gasteiger partial charge in [0.05, 0.1) is 6.10 Å². The molecule has 0 N–H and O–H groups in total. The quantitative estimate of drug-likeness (QED) is 0.527. The molecule has 0 bridgehead atoms. The molecule has 1 nitrogen and oxygen atoms in total. The second-order valence-corrected chi connectivity index (χ2v) is 6.80. The molecule has 0 atom stereocenters. The molecule has 0 heterocycles. The van der Waals surface area contributed by atoms with Gasteiger partial charge in [-0.25, -0.2) is 0 Å². The summed E-state index contributed by atoms with van der Waals surface area (Å²) in [4.78, 5) is 0. The Morgan fingerprint density at radius 3 is 1.28 bits per heavy atom. The highest BCUT2D eigenvalue weighted by molar-refractivity contribution is 5.47. The highest BCUT2D eigenvalue weighted by Crippen LogP contribution is 2.43. The van der Waals surface area contributed by atoms with Gasteiger partial charge in [-0.05, 0) is 29.5 Å². The average Bonchev–Trinajstić information content (AvgIpc) is 3.21. The predicted octanol–water partition coefficient (Wildman–Crippen LogP) is 5.94. The third kappa shape index (κ3) is 3.12. The lowest BCUT2D eigenvalue weighted by Crippen LogP contribution is -2.36. The first-order valence-corrected chi connectivity index (χ1v) is 9.24. The first-order valence-electron chi connectivity index (χ1n) is 9.24. The third-order valence-corrected chi connectivity index (χ3v) is 5.19. The van der Waals surface area contributed by atoms with Gasteiger partial charge in [-0.1, -0.05) is 104 Å². The van der Waals surface area contributed by atoms with Crippen LogP contribution in [0.2, 0.25) is 0 Å². The lowest BCUT2D eigenvalue weighted by Gasteiger charge is -2.38. The first kappa shape index (κ1) is 16.1. The topological polar surface area (TPSA) is 9.23 Å². The van der Waals surface area contributed by atoms with Crippen molar-refractivity contribution in [1.29, 1.82) is 0 Å². The van der Waals surface area contributed by atoms with E-state index < -0.39 is 5.60 Å². The summed E-state index contributed by atoms with van der Waals surface area (Å²) in [6.45, 7) is 0. The molecule has 25 heavy (non-hydrogen) atoms. The van der Waals surface area contributed by atoms with Crippen molar-refractivity contribution in [3.8, 4) is 0 Å². The van der Waals surface area contributed by atoms with Crippen LogP contribution in [-0.2, 0) is 10.3 Å². The highest BCUT2D eigenvalue weighted by Gasteiger charge is 2.40. The molecule has 0 aromatic heterocycles. The molecule has 0 radical (unpaired) electrons. The minimum absolute atomic E-state index is 0.306. The summed E-state index contributed by atoms with van der Waals surface area (Å²) in [7, 11) is 0. The van der Waals surface area contributed by atoms with Crippen molar-refractivity contribution >= 4 is 0 Å². The SMILES string of the molecule is c1ccc(C(OC2CCCC2)(c2ccccc2)c2ccccc2)cc1. The van der Waals surface area contributed by atoms with Crippen LogP contribution in [0.15, 0.2) is 91.0 Å². The van der Waals surface area contributed by atoms with Crippen molar-refractivity contribution in [2.75, 3.05) is 0 Å². The van der Waals surface area contributed by atoms with Gasteiger partial charge in [-0.3, -0.25) is 0 Å². The molecule has 0 saturated heterocycles. The maximum Gasteiger partial charge on any atom is 0.144 e. The lowest BCUT2D eigenvalue weighted by molar-refractivity contribution is -0.0435. The zero-order valence-corrected chi connectivity index (χ0v) is 14.5.